The number of hydrogen-bond acceptors (Lipinski definition) is 4. The van der Waals surface area contributed by atoms with Crippen LogP contribution in [0.3, 0.4) is 0 Å². The fourth-order valence-electron chi connectivity index (χ4n) is 4.10. The van der Waals surface area contributed by atoms with E-state index in [2.05, 4.69) is 29.7 Å². The number of unbranched alkanes of at least 4 members (excludes halogenated alkanes) is 1. The molecule has 3 heterocycles. The van der Waals surface area contributed by atoms with Crippen molar-refractivity contribution >= 4 is 17.3 Å². The summed E-state index contributed by atoms with van der Waals surface area (Å²) in [6, 6.07) is 2.06. The van der Waals surface area contributed by atoms with Gasteiger partial charge in [-0.25, -0.2) is 0 Å². The zero-order valence-electron chi connectivity index (χ0n) is 15.0. The molecular formula is C21H28O4S. The minimum atomic E-state index is -0.730. The molecule has 2 aliphatic rings. The number of fused-ring (bicyclic) bond motifs is 2. The van der Waals surface area contributed by atoms with E-state index in [-0.39, 0.29) is 12.5 Å². The number of ether oxygens (including phenoxy) is 1. The number of carboxylic acid groups (broad SMARTS) is 1. The van der Waals surface area contributed by atoms with Gasteiger partial charge in [0.1, 0.15) is 0 Å². The lowest BCUT2D eigenvalue weighted by Crippen LogP contribution is -2.25. The molecule has 0 radical (unpaired) electrons. The van der Waals surface area contributed by atoms with Crippen molar-refractivity contribution < 1.29 is 19.7 Å². The molecule has 0 aromatic carbocycles. The lowest BCUT2D eigenvalue weighted by Gasteiger charge is -2.25. The molecule has 1 aromatic heterocycles. The third-order valence-corrected chi connectivity index (χ3v) is 6.14. The highest BCUT2D eigenvalue weighted by molar-refractivity contribution is 7.07. The Balaban J connectivity index is 1.49. The van der Waals surface area contributed by atoms with Crippen LogP contribution in [0.2, 0.25) is 0 Å². The number of aliphatic hydroxyl groups excluding tert-OH is 1. The molecule has 2 fully saturated rings. The van der Waals surface area contributed by atoms with Crippen LogP contribution in [0.5, 0.6) is 0 Å². The van der Waals surface area contributed by atoms with Crippen molar-refractivity contribution in [3.8, 4) is 0 Å². The summed E-state index contributed by atoms with van der Waals surface area (Å²) >= 11 is 1.66. The SMILES string of the molecule is O=C(O)CCC/C=C\C[C@H]1[C@H](/C=C/C(O)Cc2ccsc2)[C@@H]2CC[C@H]1O2. The summed E-state index contributed by atoms with van der Waals surface area (Å²) in [7, 11) is 0. The molecule has 0 saturated carbocycles. The molecule has 3 rings (SSSR count). The third kappa shape index (κ3) is 5.29. The Labute approximate surface area is 159 Å². The number of carbonyl (C=O) groups is 1. The zero-order valence-corrected chi connectivity index (χ0v) is 15.8. The van der Waals surface area contributed by atoms with Crippen molar-refractivity contribution in [2.24, 2.45) is 11.8 Å². The molecule has 2 aliphatic heterocycles. The highest BCUT2D eigenvalue weighted by Crippen LogP contribution is 2.45. The predicted octanol–water partition coefficient (Wildman–Crippen LogP) is 4.20. The second-order valence-electron chi connectivity index (χ2n) is 7.31. The van der Waals surface area contributed by atoms with Crippen molar-refractivity contribution in [3.63, 3.8) is 0 Å². The van der Waals surface area contributed by atoms with E-state index >= 15 is 0 Å². The molecular weight excluding hydrogens is 348 g/mol. The number of thiophene rings is 1. The van der Waals surface area contributed by atoms with Gasteiger partial charge in [-0.15, -0.1) is 0 Å². The Morgan fingerprint density at radius 1 is 1.35 bits per heavy atom. The highest BCUT2D eigenvalue weighted by atomic mass is 32.1. The summed E-state index contributed by atoms with van der Waals surface area (Å²) in [6.45, 7) is 0. The van der Waals surface area contributed by atoms with Gasteiger partial charge in [0.25, 0.3) is 0 Å². The molecule has 26 heavy (non-hydrogen) atoms. The fourth-order valence-corrected chi connectivity index (χ4v) is 4.79. The summed E-state index contributed by atoms with van der Waals surface area (Å²) in [4.78, 5) is 10.5. The summed E-state index contributed by atoms with van der Waals surface area (Å²) in [5.74, 6) is 0.106. The standard InChI is InChI=1S/C21H28O4S/c22-16(13-15-11-12-26-14-15)7-8-18-17(19-9-10-20(18)25-19)5-3-1-2-4-6-21(23)24/h1,3,7-8,11-12,14,16-20,22H,2,4-6,9-10,13H2,(H,23,24)/b3-1-,8-7+/t16?,17-,18-,19+,20-/m0/s1. The molecule has 1 unspecified atom stereocenters. The first kappa shape index (κ1) is 19.3. The van der Waals surface area contributed by atoms with Gasteiger partial charge in [0.2, 0.25) is 0 Å². The fraction of sp³-hybridized carbons (Fsp3) is 0.571. The van der Waals surface area contributed by atoms with Gasteiger partial charge in [0, 0.05) is 18.8 Å². The van der Waals surface area contributed by atoms with Crippen LogP contribution in [0.4, 0.5) is 0 Å². The van der Waals surface area contributed by atoms with Crippen LogP contribution < -0.4 is 0 Å². The molecule has 2 N–H and O–H groups in total. The highest BCUT2D eigenvalue weighted by Gasteiger charge is 2.46. The van der Waals surface area contributed by atoms with Gasteiger partial charge >= 0.3 is 5.97 Å². The second kappa shape index (κ2) is 9.49. The maximum atomic E-state index is 10.5. The monoisotopic (exact) mass is 376 g/mol. The third-order valence-electron chi connectivity index (χ3n) is 5.40. The largest absolute Gasteiger partial charge is 0.481 e. The van der Waals surface area contributed by atoms with Crippen LogP contribution in [0.1, 0.15) is 44.1 Å². The topological polar surface area (TPSA) is 66.8 Å². The Morgan fingerprint density at radius 3 is 2.96 bits per heavy atom. The quantitative estimate of drug-likeness (QED) is 0.474. The predicted molar refractivity (Wildman–Crippen MR) is 103 cm³/mol. The summed E-state index contributed by atoms with van der Waals surface area (Å²) in [5, 5.41) is 23.1. The lowest BCUT2D eigenvalue weighted by molar-refractivity contribution is -0.137. The molecule has 0 spiro atoms. The number of hydrogen-bond donors (Lipinski definition) is 2. The number of aliphatic carboxylic acids is 1. The van der Waals surface area contributed by atoms with Crippen molar-refractivity contribution in [1.29, 1.82) is 0 Å². The van der Waals surface area contributed by atoms with Gasteiger partial charge in [0.15, 0.2) is 0 Å². The van der Waals surface area contributed by atoms with Gasteiger partial charge < -0.3 is 14.9 Å². The van der Waals surface area contributed by atoms with E-state index in [1.807, 2.05) is 11.5 Å². The van der Waals surface area contributed by atoms with Crippen molar-refractivity contribution in [1.82, 2.24) is 0 Å². The Hall–Kier alpha value is -1.43. The smallest absolute Gasteiger partial charge is 0.303 e. The van der Waals surface area contributed by atoms with Crippen molar-refractivity contribution in [2.45, 2.75) is 63.3 Å². The van der Waals surface area contributed by atoms with Crippen LogP contribution in [-0.4, -0.2) is 34.5 Å². The van der Waals surface area contributed by atoms with E-state index in [0.717, 1.165) is 25.7 Å². The molecule has 142 valence electrons. The summed E-state index contributed by atoms with van der Waals surface area (Å²) < 4.78 is 6.10. The first-order valence-corrected chi connectivity index (χ1v) is 10.5. The van der Waals surface area contributed by atoms with Gasteiger partial charge in [-0.05, 0) is 60.4 Å². The van der Waals surface area contributed by atoms with E-state index in [0.29, 0.717) is 30.8 Å². The molecule has 1 aromatic rings. The van der Waals surface area contributed by atoms with Crippen LogP contribution in [0, 0.1) is 11.8 Å². The van der Waals surface area contributed by atoms with Crippen LogP contribution >= 0.6 is 11.3 Å². The minimum Gasteiger partial charge on any atom is -0.481 e. The maximum absolute atomic E-state index is 10.5. The number of allylic oxidation sites excluding steroid dienone is 2. The maximum Gasteiger partial charge on any atom is 0.303 e. The Morgan fingerprint density at radius 2 is 2.19 bits per heavy atom. The average molecular weight is 377 g/mol. The Kier molecular flexibility index (Phi) is 7.06. The normalized spacial score (nSPS) is 29.1. The summed E-state index contributed by atoms with van der Waals surface area (Å²) in [6.07, 6.45) is 14.2. The molecule has 5 heteroatoms. The molecule has 2 bridgehead atoms. The molecule has 2 saturated heterocycles. The molecule has 4 nitrogen and oxygen atoms in total. The van der Waals surface area contributed by atoms with Gasteiger partial charge in [0.05, 0.1) is 18.3 Å². The van der Waals surface area contributed by atoms with Crippen LogP contribution in [0.15, 0.2) is 41.1 Å². The van der Waals surface area contributed by atoms with E-state index < -0.39 is 12.1 Å². The van der Waals surface area contributed by atoms with Gasteiger partial charge in [-0.3, -0.25) is 4.79 Å². The molecule has 5 atom stereocenters. The number of rotatable bonds is 10. The lowest BCUT2D eigenvalue weighted by atomic mass is 9.77. The number of aliphatic hydroxyl groups is 1. The van der Waals surface area contributed by atoms with E-state index in [1.165, 1.54) is 5.56 Å². The zero-order chi connectivity index (χ0) is 18.4. The molecule has 0 aliphatic carbocycles. The van der Waals surface area contributed by atoms with Crippen LogP contribution in [-0.2, 0) is 16.0 Å². The van der Waals surface area contributed by atoms with E-state index in [9.17, 15) is 9.90 Å². The van der Waals surface area contributed by atoms with E-state index in [4.69, 9.17) is 9.84 Å². The second-order valence-corrected chi connectivity index (χ2v) is 8.09. The van der Waals surface area contributed by atoms with Crippen molar-refractivity contribution in [3.05, 3.63) is 46.7 Å². The average Bonchev–Trinajstić information content (AvgIpc) is 3.33. The van der Waals surface area contributed by atoms with Crippen LogP contribution in [0.25, 0.3) is 0 Å². The molecule has 0 amide bonds. The van der Waals surface area contributed by atoms with E-state index in [1.54, 1.807) is 11.3 Å². The minimum absolute atomic E-state index is 0.231. The Bertz CT molecular complexity index is 622. The first-order valence-electron chi connectivity index (χ1n) is 9.53. The van der Waals surface area contributed by atoms with Crippen molar-refractivity contribution in [2.75, 3.05) is 0 Å². The number of carboxylic acids is 1. The van der Waals surface area contributed by atoms with Gasteiger partial charge in [-0.1, -0.05) is 24.3 Å². The summed E-state index contributed by atoms with van der Waals surface area (Å²) in [5.41, 5.74) is 1.18. The first-order chi connectivity index (χ1) is 12.6. The van der Waals surface area contributed by atoms with Gasteiger partial charge in [-0.2, -0.15) is 11.3 Å².